The van der Waals surface area contributed by atoms with E-state index in [-0.39, 0.29) is 11.5 Å². The number of rotatable bonds is 6. The second-order valence-electron chi connectivity index (χ2n) is 9.63. The van der Waals surface area contributed by atoms with E-state index >= 15 is 0 Å². The van der Waals surface area contributed by atoms with Crippen LogP contribution in [0.5, 0.6) is 0 Å². The van der Waals surface area contributed by atoms with Crippen LogP contribution in [-0.2, 0) is 17.4 Å². The molecule has 190 valence electrons. The van der Waals surface area contributed by atoms with E-state index in [1.807, 2.05) is 12.3 Å². The molecule has 1 aliphatic rings. The first-order chi connectivity index (χ1) is 17.0. The third-order valence-electron chi connectivity index (χ3n) is 7.08. The van der Waals surface area contributed by atoms with Crippen molar-refractivity contribution in [1.82, 2.24) is 14.9 Å². The molecule has 36 heavy (non-hydrogen) atoms. The number of Topliss-reactive ketones (excluding diaryl/α,β-unsaturated/α-hetero) is 1. The zero-order chi connectivity index (χ0) is 26.2. The van der Waals surface area contributed by atoms with Crippen molar-refractivity contribution in [3.8, 4) is 0 Å². The monoisotopic (exact) mass is 510 g/mol. The first kappa shape index (κ1) is 25.8. The van der Waals surface area contributed by atoms with Crippen molar-refractivity contribution in [3.63, 3.8) is 0 Å². The summed E-state index contributed by atoms with van der Waals surface area (Å²) in [4.78, 5) is 44.5. The van der Waals surface area contributed by atoms with Gasteiger partial charge in [-0.2, -0.15) is 0 Å². The maximum absolute atomic E-state index is 13.6. The highest BCUT2D eigenvalue weighted by atomic mass is 32.1. The Kier molecular flexibility index (Phi) is 7.13. The Morgan fingerprint density at radius 1 is 1.08 bits per heavy atom. The maximum atomic E-state index is 13.6. The number of hydrogen-bond acceptors (Lipinski definition) is 5. The number of aryl methyl sites for hydroxylation is 2. The van der Waals surface area contributed by atoms with Gasteiger partial charge in [0.25, 0.3) is 17.6 Å². The minimum atomic E-state index is -0.699. The quantitative estimate of drug-likeness (QED) is 0.349. The van der Waals surface area contributed by atoms with E-state index in [0.717, 1.165) is 42.8 Å². The molecule has 1 fully saturated rings. The zero-order valence-electron chi connectivity index (χ0n) is 21.3. The molecule has 2 heterocycles. The number of ketones is 1. The van der Waals surface area contributed by atoms with Gasteiger partial charge in [-0.15, -0.1) is 11.3 Å². The van der Waals surface area contributed by atoms with E-state index in [4.69, 9.17) is 0 Å². The number of thiazole rings is 1. The molecule has 1 saturated carbocycles. The summed E-state index contributed by atoms with van der Waals surface area (Å²) >= 11 is 1.51. The second kappa shape index (κ2) is 9.97. The number of nitrogens with zero attached hydrogens (tertiary/aromatic N) is 2. The van der Waals surface area contributed by atoms with Gasteiger partial charge in [-0.3, -0.25) is 14.4 Å². The summed E-state index contributed by atoms with van der Waals surface area (Å²) in [5.74, 6) is -2.17. The summed E-state index contributed by atoms with van der Waals surface area (Å²) < 4.78 is 15.2. The van der Waals surface area contributed by atoms with Crippen molar-refractivity contribution in [2.24, 2.45) is 7.05 Å². The molecule has 2 aromatic heterocycles. The Hall–Kier alpha value is -3.33. The van der Waals surface area contributed by atoms with Gasteiger partial charge in [-0.1, -0.05) is 19.3 Å². The van der Waals surface area contributed by atoms with Gasteiger partial charge in [-0.25, -0.2) is 9.37 Å². The fourth-order valence-electron chi connectivity index (χ4n) is 5.05. The van der Waals surface area contributed by atoms with Crippen LogP contribution in [0, 0.1) is 33.5 Å². The van der Waals surface area contributed by atoms with Crippen molar-refractivity contribution in [2.75, 3.05) is 5.32 Å². The molecular weight excluding hydrogens is 479 g/mol. The number of anilines is 1. The van der Waals surface area contributed by atoms with Gasteiger partial charge in [0, 0.05) is 29.5 Å². The first-order valence-corrected chi connectivity index (χ1v) is 12.9. The van der Waals surface area contributed by atoms with Crippen molar-refractivity contribution in [1.29, 1.82) is 0 Å². The summed E-state index contributed by atoms with van der Waals surface area (Å²) in [7, 11) is 1.67. The van der Waals surface area contributed by atoms with Crippen LogP contribution in [0.1, 0.15) is 80.5 Å². The van der Waals surface area contributed by atoms with Gasteiger partial charge in [0.1, 0.15) is 10.8 Å². The Balaban J connectivity index is 1.61. The SMILES string of the molecule is Cc1csc(C2(NC(=O)C(=O)c3c(C)c(C(=O)Nc4ccc(F)c(C)c4)c(C)n3C)CCCCC2)n1. The van der Waals surface area contributed by atoms with E-state index in [0.29, 0.717) is 28.1 Å². The highest BCUT2D eigenvalue weighted by Gasteiger charge is 2.40. The molecule has 0 saturated heterocycles. The number of benzene rings is 1. The molecule has 2 amide bonds. The highest BCUT2D eigenvalue weighted by molar-refractivity contribution is 7.09. The lowest BCUT2D eigenvalue weighted by atomic mass is 9.82. The molecule has 0 bridgehead atoms. The molecule has 7 nitrogen and oxygen atoms in total. The lowest BCUT2D eigenvalue weighted by molar-refractivity contribution is -0.119. The van der Waals surface area contributed by atoms with Gasteiger partial charge < -0.3 is 15.2 Å². The predicted molar refractivity (Wildman–Crippen MR) is 138 cm³/mol. The largest absolute Gasteiger partial charge is 0.344 e. The van der Waals surface area contributed by atoms with E-state index in [2.05, 4.69) is 15.6 Å². The normalized spacial score (nSPS) is 14.9. The Bertz CT molecular complexity index is 1350. The minimum absolute atomic E-state index is 0.173. The Morgan fingerprint density at radius 2 is 1.78 bits per heavy atom. The number of nitrogens with one attached hydrogen (secondary N) is 2. The lowest BCUT2D eigenvalue weighted by Crippen LogP contribution is -2.49. The molecule has 0 aliphatic heterocycles. The van der Waals surface area contributed by atoms with Crippen molar-refractivity contribution in [2.45, 2.75) is 65.3 Å². The van der Waals surface area contributed by atoms with Crippen molar-refractivity contribution < 1.29 is 18.8 Å². The molecule has 3 aromatic rings. The average molecular weight is 511 g/mol. The zero-order valence-corrected chi connectivity index (χ0v) is 22.1. The third-order valence-corrected chi connectivity index (χ3v) is 8.25. The van der Waals surface area contributed by atoms with Gasteiger partial charge in [0.2, 0.25) is 0 Å². The maximum Gasteiger partial charge on any atom is 0.294 e. The number of carbonyl (C=O) groups excluding carboxylic acids is 3. The number of hydrogen-bond donors (Lipinski definition) is 2. The van der Waals surface area contributed by atoms with Crippen LogP contribution >= 0.6 is 11.3 Å². The third kappa shape index (κ3) is 4.72. The van der Waals surface area contributed by atoms with Crippen LogP contribution in [-0.4, -0.2) is 27.1 Å². The number of carbonyl (C=O) groups is 3. The summed E-state index contributed by atoms with van der Waals surface area (Å²) in [6, 6.07) is 4.32. The van der Waals surface area contributed by atoms with E-state index in [1.54, 1.807) is 38.5 Å². The molecule has 0 radical (unpaired) electrons. The topological polar surface area (TPSA) is 93.1 Å². The number of amides is 2. The van der Waals surface area contributed by atoms with Crippen molar-refractivity contribution in [3.05, 3.63) is 68.2 Å². The Morgan fingerprint density at radius 3 is 2.39 bits per heavy atom. The van der Waals surface area contributed by atoms with Gasteiger partial charge >= 0.3 is 0 Å². The van der Waals surface area contributed by atoms with Crippen LogP contribution < -0.4 is 10.6 Å². The van der Waals surface area contributed by atoms with Gasteiger partial charge in [0.15, 0.2) is 0 Å². The van der Waals surface area contributed by atoms with Crippen LogP contribution in [0.4, 0.5) is 10.1 Å². The molecule has 0 atom stereocenters. The molecule has 4 rings (SSSR count). The van der Waals surface area contributed by atoms with E-state index in [9.17, 15) is 18.8 Å². The minimum Gasteiger partial charge on any atom is -0.344 e. The highest BCUT2D eigenvalue weighted by Crippen LogP contribution is 2.39. The lowest BCUT2D eigenvalue weighted by Gasteiger charge is -2.36. The average Bonchev–Trinajstić information content (AvgIpc) is 3.37. The molecule has 0 unspecified atom stereocenters. The first-order valence-electron chi connectivity index (χ1n) is 12.1. The summed E-state index contributed by atoms with van der Waals surface area (Å²) in [6.45, 7) is 6.93. The van der Waals surface area contributed by atoms with Gasteiger partial charge in [-0.05, 0) is 69.9 Å². The smallest absolute Gasteiger partial charge is 0.294 e. The fourth-order valence-corrected chi connectivity index (χ4v) is 6.07. The van der Waals surface area contributed by atoms with Crippen LogP contribution in [0.15, 0.2) is 23.6 Å². The van der Waals surface area contributed by atoms with Gasteiger partial charge in [0.05, 0.1) is 16.8 Å². The fraction of sp³-hybridized carbons (Fsp3) is 0.407. The number of aromatic nitrogens is 2. The Labute approximate surface area is 214 Å². The molecule has 1 aliphatic carbocycles. The van der Waals surface area contributed by atoms with Crippen LogP contribution in [0.25, 0.3) is 0 Å². The second-order valence-corrected chi connectivity index (χ2v) is 10.5. The molecular formula is C27H31FN4O3S. The predicted octanol–water partition coefficient (Wildman–Crippen LogP) is 5.27. The molecule has 9 heteroatoms. The molecule has 1 aromatic carbocycles. The standard InChI is InChI=1S/C27H31FN4O3S/c1-15-13-19(9-10-20(15)28)30-24(34)21-17(3)22(32(5)18(21)4)23(33)25(35)31-27(11-7-6-8-12-27)26-29-16(2)14-36-26/h9-10,13-14H,6-8,11-12H2,1-5H3,(H,30,34)(H,31,35). The summed E-state index contributed by atoms with van der Waals surface area (Å²) in [5.41, 5.74) is 2.57. The van der Waals surface area contributed by atoms with Crippen LogP contribution in [0.2, 0.25) is 0 Å². The van der Waals surface area contributed by atoms with E-state index < -0.39 is 23.1 Å². The summed E-state index contributed by atoms with van der Waals surface area (Å²) in [6.07, 6.45) is 4.44. The summed E-state index contributed by atoms with van der Waals surface area (Å²) in [5, 5.41) is 8.59. The molecule has 0 spiro atoms. The van der Waals surface area contributed by atoms with Crippen molar-refractivity contribution >= 4 is 34.6 Å². The number of halogens is 1. The van der Waals surface area contributed by atoms with Crippen LogP contribution in [0.3, 0.4) is 0 Å². The molecule has 2 N–H and O–H groups in total. The van der Waals surface area contributed by atoms with E-state index in [1.165, 1.54) is 23.5 Å².